The quantitative estimate of drug-likeness (QED) is 0.678. The Kier molecular flexibility index (Phi) is 2.63. The molecule has 0 fully saturated rings. The van der Waals surface area contributed by atoms with E-state index in [1.54, 1.807) is 0 Å². The summed E-state index contributed by atoms with van der Waals surface area (Å²) in [4.78, 5) is 0. The van der Waals surface area contributed by atoms with Gasteiger partial charge in [0.15, 0.2) is 0 Å². The number of benzene rings is 1. The number of rotatable bonds is 0. The van der Waals surface area contributed by atoms with E-state index < -0.39 is 17.4 Å². The van der Waals surface area contributed by atoms with E-state index >= 15 is 0 Å². The summed E-state index contributed by atoms with van der Waals surface area (Å²) in [6.45, 7) is 0. The summed E-state index contributed by atoms with van der Waals surface area (Å²) < 4.78 is 36.6. The van der Waals surface area contributed by atoms with Crippen LogP contribution in [0.15, 0.2) is 6.07 Å². The standard InChI is InChI=1S/C7H3Cl2F3N/c8-3-1-4(7(10,11)12)6(13)5(9)2-3/h1H,13H2. The Morgan fingerprint density at radius 1 is 1.31 bits per heavy atom. The van der Waals surface area contributed by atoms with Gasteiger partial charge in [0, 0.05) is 6.07 Å². The summed E-state index contributed by atoms with van der Waals surface area (Å²) in [6.07, 6.45) is -4.55. The molecule has 2 N–H and O–H groups in total. The lowest BCUT2D eigenvalue weighted by Crippen LogP contribution is -2.09. The number of nitrogens with two attached hydrogens (primary N) is 1. The van der Waals surface area contributed by atoms with Crippen LogP contribution in [0.5, 0.6) is 0 Å². The molecule has 0 unspecified atom stereocenters. The van der Waals surface area contributed by atoms with Gasteiger partial charge in [0.1, 0.15) is 0 Å². The van der Waals surface area contributed by atoms with Gasteiger partial charge in [0.25, 0.3) is 0 Å². The maximum atomic E-state index is 12.2. The predicted octanol–water partition coefficient (Wildman–Crippen LogP) is 3.39. The molecule has 0 aliphatic heterocycles. The van der Waals surface area contributed by atoms with E-state index in [0.717, 1.165) is 0 Å². The molecule has 6 heteroatoms. The fraction of sp³-hybridized carbons (Fsp3) is 0.143. The highest BCUT2D eigenvalue weighted by atomic mass is 35.5. The molecule has 0 spiro atoms. The van der Waals surface area contributed by atoms with Crippen molar-refractivity contribution in [3.63, 3.8) is 0 Å². The molecule has 0 saturated carbocycles. The molecule has 0 saturated heterocycles. The van der Waals surface area contributed by atoms with Crippen molar-refractivity contribution in [1.29, 1.82) is 0 Å². The van der Waals surface area contributed by atoms with Crippen LogP contribution >= 0.6 is 23.2 Å². The average molecular weight is 229 g/mol. The van der Waals surface area contributed by atoms with E-state index in [-0.39, 0.29) is 10.0 Å². The van der Waals surface area contributed by atoms with E-state index in [2.05, 4.69) is 6.07 Å². The van der Waals surface area contributed by atoms with Crippen LogP contribution < -0.4 is 5.73 Å². The summed E-state index contributed by atoms with van der Waals surface area (Å²) in [5, 5.41) is -0.536. The van der Waals surface area contributed by atoms with Crippen molar-refractivity contribution in [3.05, 3.63) is 27.7 Å². The molecule has 1 aromatic rings. The molecule has 71 valence electrons. The van der Waals surface area contributed by atoms with Crippen LogP contribution in [0.25, 0.3) is 0 Å². The van der Waals surface area contributed by atoms with Gasteiger partial charge in [-0.15, -0.1) is 0 Å². The van der Waals surface area contributed by atoms with Gasteiger partial charge in [0.2, 0.25) is 0 Å². The van der Waals surface area contributed by atoms with Crippen LogP contribution in [-0.4, -0.2) is 0 Å². The summed E-state index contributed by atoms with van der Waals surface area (Å²) in [6, 6.07) is 2.94. The van der Waals surface area contributed by atoms with E-state index in [0.29, 0.717) is 6.07 Å². The first-order chi connectivity index (χ1) is 5.82. The van der Waals surface area contributed by atoms with E-state index in [1.807, 2.05) is 0 Å². The third kappa shape index (κ3) is 2.19. The zero-order valence-corrected chi connectivity index (χ0v) is 7.56. The normalized spacial score (nSPS) is 11.8. The predicted molar refractivity (Wildman–Crippen MR) is 44.7 cm³/mol. The van der Waals surface area contributed by atoms with Crippen molar-refractivity contribution < 1.29 is 13.2 Å². The largest absolute Gasteiger partial charge is 0.418 e. The summed E-state index contributed by atoms with van der Waals surface area (Å²) >= 11 is 10.7. The SMILES string of the molecule is Nc1c(Cl)[c]c(Cl)cc1C(F)(F)F. The van der Waals surface area contributed by atoms with Gasteiger partial charge in [-0.2, -0.15) is 13.2 Å². The summed E-state index contributed by atoms with van der Waals surface area (Å²) in [5.41, 5.74) is 3.50. The second-order valence-electron chi connectivity index (χ2n) is 2.26. The van der Waals surface area contributed by atoms with Crippen molar-refractivity contribution in [1.82, 2.24) is 0 Å². The fourth-order valence-corrected chi connectivity index (χ4v) is 1.22. The van der Waals surface area contributed by atoms with Crippen LogP contribution in [0, 0.1) is 6.07 Å². The Morgan fingerprint density at radius 3 is 2.31 bits per heavy atom. The number of halogens is 5. The number of hydrogen-bond donors (Lipinski definition) is 1. The first-order valence-corrected chi connectivity index (χ1v) is 3.82. The lowest BCUT2D eigenvalue weighted by Gasteiger charge is -2.10. The smallest absolute Gasteiger partial charge is 0.397 e. The lowest BCUT2D eigenvalue weighted by atomic mass is 10.2. The van der Waals surface area contributed by atoms with Gasteiger partial charge in [-0.1, -0.05) is 23.2 Å². The molecular formula is C7H3Cl2F3N. The molecule has 1 nitrogen and oxygen atoms in total. The van der Waals surface area contributed by atoms with Crippen LogP contribution in [0.2, 0.25) is 10.0 Å². The first-order valence-electron chi connectivity index (χ1n) is 3.06. The zero-order valence-electron chi connectivity index (χ0n) is 6.04. The summed E-state index contributed by atoms with van der Waals surface area (Å²) in [5.74, 6) is 0. The van der Waals surface area contributed by atoms with Gasteiger partial charge in [0.05, 0.1) is 21.3 Å². The first kappa shape index (κ1) is 10.5. The van der Waals surface area contributed by atoms with Crippen LogP contribution in [0.1, 0.15) is 5.56 Å². The van der Waals surface area contributed by atoms with Crippen molar-refractivity contribution in [2.24, 2.45) is 0 Å². The topological polar surface area (TPSA) is 26.0 Å². The molecule has 1 rings (SSSR count). The minimum Gasteiger partial charge on any atom is -0.397 e. The fourth-order valence-electron chi connectivity index (χ4n) is 0.766. The monoisotopic (exact) mass is 228 g/mol. The second kappa shape index (κ2) is 3.27. The van der Waals surface area contributed by atoms with Crippen molar-refractivity contribution in [3.8, 4) is 0 Å². The molecule has 0 heterocycles. The van der Waals surface area contributed by atoms with Gasteiger partial charge in [-0.3, -0.25) is 0 Å². The van der Waals surface area contributed by atoms with E-state index in [9.17, 15) is 13.2 Å². The zero-order chi connectivity index (χ0) is 10.2. The van der Waals surface area contributed by atoms with Gasteiger partial charge in [-0.25, -0.2) is 0 Å². The molecule has 0 atom stereocenters. The van der Waals surface area contributed by atoms with Crippen molar-refractivity contribution >= 4 is 28.9 Å². The van der Waals surface area contributed by atoms with Crippen molar-refractivity contribution in [2.45, 2.75) is 6.18 Å². The number of hydrogen-bond acceptors (Lipinski definition) is 1. The maximum absolute atomic E-state index is 12.2. The average Bonchev–Trinajstić information content (AvgIpc) is 1.94. The molecule has 1 aromatic carbocycles. The Labute approximate surface area is 82.2 Å². The van der Waals surface area contributed by atoms with Gasteiger partial charge >= 0.3 is 6.18 Å². The Bertz CT molecular complexity index is 335. The number of nitrogen functional groups attached to an aromatic ring is 1. The molecule has 0 amide bonds. The van der Waals surface area contributed by atoms with E-state index in [4.69, 9.17) is 28.9 Å². The minimum atomic E-state index is -4.55. The lowest BCUT2D eigenvalue weighted by molar-refractivity contribution is -0.136. The Morgan fingerprint density at radius 2 is 1.85 bits per heavy atom. The Balaban J connectivity index is 3.37. The Hall–Kier alpha value is -0.610. The molecular weight excluding hydrogens is 226 g/mol. The third-order valence-electron chi connectivity index (χ3n) is 1.33. The highest BCUT2D eigenvalue weighted by molar-refractivity contribution is 6.36. The molecule has 1 radical (unpaired) electrons. The second-order valence-corrected chi connectivity index (χ2v) is 3.04. The number of anilines is 1. The highest BCUT2D eigenvalue weighted by Gasteiger charge is 2.34. The van der Waals surface area contributed by atoms with Crippen molar-refractivity contribution in [2.75, 3.05) is 5.73 Å². The minimum absolute atomic E-state index is 0.216. The van der Waals surface area contributed by atoms with Gasteiger partial charge < -0.3 is 5.73 Å². The maximum Gasteiger partial charge on any atom is 0.418 e. The molecule has 0 bridgehead atoms. The third-order valence-corrected chi connectivity index (χ3v) is 1.83. The highest BCUT2D eigenvalue weighted by Crippen LogP contribution is 2.38. The molecule has 0 aromatic heterocycles. The summed E-state index contributed by atoms with van der Waals surface area (Å²) in [7, 11) is 0. The molecule has 13 heavy (non-hydrogen) atoms. The number of alkyl halides is 3. The van der Waals surface area contributed by atoms with Crippen LogP contribution in [0.4, 0.5) is 18.9 Å². The van der Waals surface area contributed by atoms with Crippen LogP contribution in [0.3, 0.4) is 0 Å². The molecule has 0 aliphatic rings. The van der Waals surface area contributed by atoms with E-state index in [1.165, 1.54) is 0 Å². The molecule has 0 aliphatic carbocycles. The van der Waals surface area contributed by atoms with Crippen LogP contribution in [-0.2, 0) is 6.18 Å². The van der Waals surface area contributed by atoms with Gasteiger partial charge in [-0.05, 0) is 6.07 Å².